The normalized spacial score (nSPS) is 14.2. The van der Waals surface area contributed by atoms with Crippen molar-refractivity contribution in [3.63, 3.8) is 0 Å². The molecule has 1 aromatic carbocycles. The van der Waals surface area contributed by atoms with Crippen molar-refractivity contribution in [1.29, 1.82) is 0 Å². The number of sulfonamides is 1. The highest BCUT2D eigenvalue weighted by Crippen LogP contribution is 2.28. The second kappa shape index (κ2) is 6.63. The zero-order valence-corrected chi connectivity index (χ0v) is 15.4. The van der Waals surface area contributed by atoms with Gasteiger partial charge >= 0.3 is 0 Å². The maximum Gasteiger partial charge on any atom is 0.264 e. The lowest BCUT2D eigenvalue weighted by molar-refractivity contribution is -0.139. The van der Waals surface area contributed by atoms with Gasteiger partial charge in [-0.05, 0) is 31.5 Å². The average Bonchev–Trinajstić information content (AvgIpc) is 2.96. The Bertz CT molecular complexity index is 884. The Hall–Kier alpha value is -1.75. The van der Waals surface area contributed by atoms with E-state index >= 15 is 0 Å². The second-order valence-electron chi connectivity index (χ2n) is 4.99. The third-order valence-electron chi connectivity index (χ3n) is 3.46. The predicted octanol–water partition coefficient (Wildman–Crippen LogP) is 1.65. The Morgan fingerprint density at radius 3 is 2.71 bits per heavy atom. The van der Waals surface area contributed by atoms with Crippen molar-refractivity contribution in [2.24, 2.45) is 5.73 Å². The molecule has 8 nitrogen and oxygen atoms in total. The molecule has 0 saturated heterocycles. The molecule has 0 saturated carbocycles. The number of aromatic nitrogens is 2. The molecule has 0 radical (unpaired) electrons. The van der Waals surface area contributed by atoms with Gasteiger partial charge in [0.25, 0.3) is 15.9 Å². The fraction of sp³-hybridized carbons (Fsp3) is 0.308. The van der Waals surface area contributed by atoms with Crippen LogP contribution in [0.5, 0.6) is 0 Å². The SMILES string of the molecule is COC(C)(C(N)=O)c1nsc(NS(=O)(=O)c2cccc(Cl)c2C)n1. The Morgan fingerprint density at radius 1 is 1.46 bits per heavy atom. The minimum atomic E-state index is -3.91. The summed E-state index contributed by atoms with van der Waals surface area (Å²) in [6.07, 6.45) is 0. The van der Waals surface area contributed by atoms with Crippen LogP contribution >= 0.6 is 23.1 Å². The van der Waals surface area contributed by atoms with E-state index in [2.05, 4.69) is 14.1 Å². The molecule has 0 aliphatic heterocycles. The maximum absolute atomic E-state index is 12.5. The molecule has 3 N–H and O–H groups in total. The van der Waals surface area contributed by atoms with E-state index < -0.39 is 21.5 Å². The Morgan fingerprint density at radius 2 is 2.12 bits per heavy atom. The van der Waals surface area contributed by atoms with Crippen LogP contribution in [0, 0.1) is 6.92 Å². The molecule has 1 amide bonds. The van der Waals surface area contributed by atoms with Crippen molar-refractivity contribution >= 4 is 44.2 Å². The van der Waals surface area contributed by atoms with Crippen LogP contribution in [0.3, 0.4) is 0 Å². The number of hydrogen-bond donors (Lipinski definition) is 2. The first-order valence-corrected chi connectivity index (χ1v) is 9.22. The number of halogens is 1. The van der Waals surface area contributed by atoms with Gasteiger partial charge in [-0.1, -0.05) is 17.7 Å². The van der Waals surface area contributed by atoms with Gasteiger partial charge in [0, 0.05) is 23.7 Å². The maximum atomic E-state index is 12.5. The number of nitrogens with one attached hydrogen (secondary N) is 1. The van der Waals surface area contributed by atoms with Gasteiger partial charge in [-0.25, -0.2) is 8.42 Å². The molecule has 0 aliphatic rings. The molecule has 2 aromatic rings. The first kappa shape index (κ1) is 18.6. The Kier molecular flexibility index (Phi) is 5.14. The number of nitrogens with two attached hydrogens (primary N) is 1. The van der Waals surface area contributed by atoms with Crippen LogP contribution in [0.1, 0.15) is 18.3 Å². The topological polar surface area (TPSA) is 124 Å². The number of amides is 1. The highest BCUT2D eigenvalue weighted by molar-refractivity contribution is 7.93. The van der Waals surface area contributed by atoms with Crippen LogP contribution < -0.4 is 10.5 Å². The molecule has 11 heteroatoms. The van der Waals surface area contributed by atoms with Crippen LogP contribution in [0.2, 0.25) is 5.02 Å². The lowest BCUT2D eigenvalue weighted by Crippen LogP contribution is -2.41. The quantitative estimate of drug-likeness (QED) is 0.772. The zero-order chi connectivity index (χ0) is 18.1. The van der Waals surface area contributed by atoms with E-state index in [-0.39, 0.29) is 15.9 Å². The summed E-state index contributed by atoms with van der Waals surface area (Å²) in [7, 11) is -2.63. The molecule has 1 heterocycles. The summed E-state index contributed by atoms with van der Waals surface area (Å²) < 4.78 is 36.3. The number of nitrogens with zero attached hydrogens (tertiary/aromatic N) is 2. The van der Waals surface area contributed by atoms with Crippen molar-refractivity contribution in [3.05, 3.63) is 34.6 Å². The van der Waals surface area contributed by atoms with Gasteiger partial charge in [-0.15, -0.1) is 0 Å². The smallest absolute Gasteiger partial charge is 0.264 e. The number of carbonyl (C=O) groups excluding carboxylic acids is 1. The monoisotopic (exact) mass is 390 g/mol. The summed E-state index contributed by atoms with van der Waals surface area (Å²) in [6.45, 7) is 2.99. The third-order valence-corrected chi connectivity index (χ3v) is 6.11. The van der Waals surface area contributed by atoms with Gasteiger partial charge in [0.05, 0.1) is 4.90 Å². The number of primary amides is 1. The largest absolute Gasteiger partial charge is 0.367 e. The van der Waals surface area contributed by atoms with Crippen molar-refractivity contribution in [2.45, 2.75) is 24.3 Å². The molecule has 24 heavy (non-hydrogen) atoms. The Labute approximate surface area is 148 Å². The molecule has 1 aromatic heterocycles. The van der Waals surface area contributed by atoms with Gasteiger partial charge in [0.1, 0.15) is 0 Å². The van der Waals surface area contributed by atoms with Crippen molar-refractivity contribution in [2.75, 3.05) is 11.8 Å². The van der Waals surface area contributed by atoms with Gasteiger partial charge in [0.15, 0.2) is 5.82 Å². The van der Waals surface area contributed by atoms with Gasteiger partial charge in [-0.2, -0.15) is 9.36 Å². The van der Waals surface area contributed by atoms with E-state index in [1.165, 1.54) is 26.2 Å². The summed E-state index contributed by atoms with van der Waals surface area (Å²) in [4.78, 5) is 15.5. The van der Waals surface area contributed by atoms with Gasteiger partial charge in [-0.3, -0.25) is 9.52 Å². The molecule has 0 spiro atoms. The lowest BCUT2D eigenvalue weighted by Gasteiger charge is -2.20. The minimum Gasteiger partial charge on any atom is -0.367 e. The van der Waals surface area contributed by atoms with E-state index in [9.17, 15) is 13.2 Å². The fourth-order valence-electron chi connectivity index (χ4n) is 1.81. The third kappa shape index (κ3) is 3.36. The summed E-state index contributed by atoms with van der Waals surface area (Å²) in [5.74, 6) is -0.814. The van der Waals surface area contributed by atoms with E-state index in [0.717, 1.165) is 11.5 Å². The number of hydrogen-bond acceptors (Lipinski definition) is 7. The average molecular weight is 391 g/mol. The van der Waals surface area contributed by atoms with E-state index in [1.54, 1.807) is 13.0 Å². The lowest BCUT2D eigenvalue weighted by atomic mass is 10.1. The van der Waals surface area contributed by atoms with Gasteiger partial charge < -0.3 is 10.5 Å². The fourth-order valence-corrected chi connectivity index (χ4v) is 4.19. The molecule has 0 fully saturated rings. The summed E-state index contributed by atoms with van der Waals surface area (Å²) in [5.41, 5.74) is 4.15. The summed E-state index contributed by atoms with van der Waals surface area (Å²) in [6, 6.07) is 4.55. The van der Waals surface area contributed by atoms with Crippen molar-refractivity contribution in [1.82, 2.24) is 9.36 Å². The molecule has 0 bridgehead atoms. The first-order valence-electron chi connectivity index (χ1n) is 6.59. The highest BCUT2D eigenvalue weighted by Gasteiger charge is 2.38. The number of anilines is 1. The molecule has 2 rings (SSSR count). The van der Waals surface area contributed by atoms with E-state index in [0.29, 0.717) is 10.6 Å². The molecule has 1 atom stereocenters. The molecule has 1 unspecified atom stereocenters. The molecule has 0 aliphatic carbocycles. The molecular formula is C13H15ClN4O4S2. The highest BCUT2D eigenvalue weighted by atomic mass is 35.5. The molecule has 130 valence electrons. The summed E-state index contributed by atoms with van der Waals surface area (Å²) >= 11 is 6.72. The van der Waals surface area contributed by atoms with Crippen LogP contribution in [-0.2, 0) is 25.2 Å². The zero-order valence-electron chi connectivity index (χ0n) is 13.0. The Balaban J connectivity index is 2.36. The van der Waals surface area contributed by atoms with Crippen LogP contribution in [-0.4, -0.2) is 30.8 Å². The number of ether oxygens (including phenoxy) is 1. The molecular weight excluding hydrogens is 376 g/mol. The van der Waals surface area contributed by atoms with Crippen LogP contribution in [0.15, 0.2) is 23.1 Å². The predicted molar refractivity (Wildman–Crippen MR) is 90.5 cm³/mol. The first-order chi connectivity index (χ1) is 11.1. The number of methoxy groups -OCH3 is 1. The van der Waals surface area contributed by atoms with Crippen LogP contribution in [0.25, 0.3) is 0 Å². The number of rotatable bonds is 6. The van der Waals surface area contributed by atoms with Crippen LogP contribution in [0.4, 0.5) is 5.13 Å². The van der Waals surface area contributed by atoms with Crippen molar-refractivity contribution in [3.8, 4) is 0 Å². The van der Waals surface area contributed by atoms with Gasteiger partial charge in [0.2, 0.25) is 10.7 Å². The van der Waals surface area contributed by atoms with E-state index in [1.807, 2.05) is 0 Å². The summed E-state index contributed by atoms with van der Waals surface area (Å²) in [5, 5.41) is 0.311. The van der Waals surface area contributed by atoms with E-state index in [4.69, 9.17) is 22.1 Å². The minimum absolute atomic E-state index is 0.0195. The number of benzene rings is 1. The standard InChI is InChI=1S/C13H15ClN4O4S2/c1-7-8(14)5-4-6-9(7)24(20,21)18-12-16-11(17-23-12)13(2,22-3)10(15)19/h4-6H,1-3H3,(H2,15,19)(H,16,17,18). The number of carbonyl (C=O) groups is 1. The second-order valence-corrected chi connectivity index (χ2v) is 7.80. The van der Waals surface area contributed by atoms with Crippen molar-refractivity contribution < 1.29 is 17.9 Å².